The minimum Gasteiger partial charge on any atom is -0.385 e. The highest BCUT2D eigenvalue weighted by Gasteiger charge is 2.33. The number of ether oxygens (including phenoxy) is 1. The van der Waals surface area contributed by atoms with Gasteiger partial charge in [0.15, 0.2) is 0 Å². The van der Waals surface area contributed by atoms with Crippen LogP contribution in [0, 0.1) is 11.6 Å². The molecule has 1 aliphatic heterocycles. The molecule has 0 bridgehead atoms. The molecule has 0 atom stereocenters. The number of rotatable bonds is 2. The number of nitrogens with two attached hydrogens (primary N) is 1. The van der Waals surface area contributed by atoms with Crippen LogP contribution in [0.4, 0.5) is 14.7 Å². The fourth-order valence-electron chi connectivity index (χ4n) is 3.12. The molecule has 0 spiro atoms. The topological polar surface area (TPSA) is 85.7 Å². The fourth-order valence-corrected chi connectivity index (χ4v) is 3.12. The Hall–Kier alpha value is -2.58. The van der Waals surface area contributed by atoms with Gasteiger partial charge in [-0.1, -0.05) is 0 Å². The van der Waals surface area contributed by atoms with E-state index in [-0.39, 0.29) is 22.8 Å². The second-order valence-corrected chi connectivity index (χ2v) is 6.13. The van der Waals surface area contributed by atoms with Gasteiger partial charge < -0.3 is 15.6 Å². The number of benzene rings is 1. The van der Waals surface area contributed by atoms with Crippen molar-refractivity contribution in [2.24, 2.45) is 0 Å². The molecule has 0 saturated carbocycles. The highest BCUT2D eigenvalue weighted by atomic mass is 19.1. The molecule has 1 fully saturated rings. The van der Waals surface area contributed by atoms with E-state index in [2.05, 4.69) is 10.1 Å². The zero-order valence-corrected chi connectivity index (χ0v) is 13.2. The lowest BCUT2D eigenvalue weighted by Gasteiger charge is -2.32. The van der Waals surface area contributed by atoms with Crippen LogP contribution in [0.1, 0.15) is 18.4 Å². The largest absolute Gasteiger partial charge is 0.385 e. The van der Waals surface area contributed by atoms with Crippen molar-refractivity contribution in [2.75, 3.05) is 18.9 Å². The van der Waals surface area contributed by atoms with Gasteiger partial charge in [0, 0.05) is 26.1 Å². The Balaban J connectivity index is 1.80. The molecular formula is C17H16F2N4O2. The minimum absolute atomic E-state index is 0.0951. The van der Waals surface area contributed by atoms with Gasteiger partial charge in [-0.05, 0) is 29.8 Å². The number of hydrogen-bond acceptors (Lipinski definition) is 5. The summed E-state index contributed by atoms with van der Waals surface area (Å²) in [4.78, 5) is 3.91. The third-order valence-electron chi connectivity index (χ3n) is 4.57. The number of aliphatic hydroxyl groups is 1. The Morgan fingerprint density at radius 1 is 1.16 bits per heavy atom. The Morgan fingerprint density at radius 2 is 1.84 bits per heavy atom. The predicted octanol–water partition coefficient (Wildman–Crippen LogP) is 2.25. The first-order chi connectivity index (χ1) is 12.0. The van der Waals surface area contributed by atoms with E-state index >= 15 is 0 Å². The zero-order valence-electron chi connectivity index (χ0n) is 13.2. The Morgan fingerprint density at radius 3 is 2.52 bits per heavy atom. The minimum atomic E-state index is -1.29. The van der Waals surface area contributed by atoms with E-state index in [1.54, 1.807) is 6.07 Å². The summed E-state index contributed by atoms with van der Waals surface area (Å²) in [5, 5.41) is 14.8. The first-order valence-corrected chi connectivity index (χ1v) is 7.88. The second kappa shape index (κ2) is 5.75. The molecule has 0 unspecified atom stereocenters. The van der Waals surface area contributed by atoms with Crippen LogP contribution in [0.2, 0.25) is 0 Å². The van der Waals surface area contributed by atoms with Crippen molar-refractivity contribution >= 4 is 11.5 Å². The first kappa shape index (κ1) is 15.9. The lowest BCUT2D eigenvalue weighted by molar-refractivity contribution is -0.0682. The number of halogens is 2. The lowest BCUT2D eigenvalue weighted by Crippen LogP contribution is -2.33. The highest BCUT2D eigenvalue weighted by Crippen LogP contribution is 2.35. The van der Waals surface area contributed by atoms with Gasteiger partial charge in [0.25, 0.3) is 0 Å². The normalized spacial score (nSPS) is 17.1. The van der Waals surface area contributed by atoms with Crippen molar-refractivity contribution in [1.82, 2.24) is 14.6 Å². The molecule has 1 aromatic carbocycles. The van der Waals surface area contributed by atoms with Crippen LogP contribution >= 0.6 is 0 Å². The summed E-state index contributed by atoms with van der Waals surface area (Å²) in [6, 6.07) is 5.45. The van der Waals surface area contributed by atoms with Gasteiger partial charge in [0.1, 0.15) is 11.6 Å². The number of aromatic nitrogens is 3. The Kier molecular flexibility index (Phi) is 3.66. The van der Waals surface area contributed by atoms with Crippen molar-refractivity contribution in [3.05, 3.63) is 47.7 Å². The van der Waals surface area contributed by atoms with Crippen molar-refractivity contribution in [3.8, 4) is 11.3 Å². The molecule has 0 radical (unpaired) electrons. The molecule has 1 aliphatic rings. The SMILES string of the molecule is Nc1ncc2ccc(-c3c(F)cc(C4(O)CCOCC4)cc3F)nn12. The van der Waals surface area contributed by atoms with Crippen LogP contribution in [0.25, 0.3) is 16.8 Å². The Labute approximate surface area is 141 Å². The maximum absolute atomic E-state index is 14.7. The average Bonchev–Trinajstić information content (AvgIpc) is 2.96. The quantitative estimate of drug-likeness (QED) is 0.743. The molecule has 6 nitrogen and oxygen atoms in total. The number of fused-ring (bicyclic) bond motifs is 1. The van der Waals surface area contributed by atoms with Crippen LogP contribution in [-0.2, 0) is 10.3 Å². The molecule has 8 heteroatoms. The third-order valence-corrected chi connectivity index (χ3v) is 4.57. The number of anilines is 1. The molecule has 3 aromatic rings. The fraction of sp³-hybridized carbons (Fsp3) is 0.294. The summed E-state index contributed by atoms with van der Waals surface area (Å²) in [5.74, 6) is -1.45. The summed E-state index contributed by atoms with van der Waals surface area (Å²) < 4.78 is 35.9. The van der Waals surface area contributed by atoms with Gasteiger partial charge in [0.2, 0.25) is 5.95 Å². The van der Waals surface area contributed by atoms with E-state index in [1.165, 1.54) is 16.8 Å². The van der Waals surface area contributed by atoms with Crippen molar-refractivity contribution in [3.63, 3.8) is 0 Å². The smallest absolute Gasteiger partial charge is 0.221 e. The van der Waals surface area contributed by atoms with Gasteiger partial charge >= 0.3 is 0 Å². The monoisotopic (exact) mass is 346 g/mol. The summed E-state index contributed by atoms with van der Waals surface area (Å²) >= 11 is 0. The van der Waals surface area contributed by atoms with Crippen LogP contribution in [-0.4, -0.2) is 32.9 Å². The molecule has 2 aromatic heterocycles. The maximum atomic E-state index is 14.7. The molecule has 0 aliphatic carbocycles. The van der Waals surface area contributed by atoms with Crippen molar-refractivity contribution in [1.29, 1.82) is 0 Å². The summed E-state index contributed by atoms with van der Waals surface area (Å²) in [5.41, 5.74) is 5.06. The second-order valence-electron chi connectivity index (χ2n) is 6.13. The molecule has 25 heavy (non-hydrogen) atoms. The molecule has 3 N–H and O–H groups in total. The average molecular weight is 346 g/mol. The van der Waals surface area contributed by atoms with Gasteiger partial charge in [-0.25, -0.2) is 13.8 Å². The number of imidazole rings is 1. The molecule has 1 saturated heterocycles. The van der Waals surface area contributed by atoms with Crippen LogP contribution in [0.15, 0.2) is 30.5 Å². The van der Waals surface area contributed by atoms with Gasteiger partial charge in [-0.2, -0.15) is 9.61 Å². The number of nitrogens with zero attached hydrogens (tertiary/aromatic N) is 3. The van der Waals surface area contributed by atoms with E-state index < -0.39 is 17.2 Å². The zero-order chi connectivity index (χ0) is 17.6. The highest BCUT2D eigenvalue weighted by molar-refractivity contribution is 5.64. The van der Waals surface area contributed by atoms with Crippen LogP contribution < -0.4 is 5.73 Å². The van der Waals surface area contributed by atoms with Gasteiger partial charge in [-0.3, -0.25) is 0 Å². The first-order valence-electron chi connectivity index (χ1n) is 7.88. The molecular weight excluding hydrogens is 330 g/mol. The molecule has 4 rings (SSSR count). The Bertz CT molecular complexity index is 928. The standard InChI is InChI=1S/C17H16F2N4O2/c18-12-7-10(17(24)3-5-25-6-4-17)8-13(19)15(12)14-2-1-11-9-21-16(20)23(11)22-14/h1-2,7-9,24H,3-6H2,(H2,20,21). The van der Waals surface area contributed by atoms with Crippen LogP contribution in [0.3, 0.4) is 0 Å². The number of nitrogen functional groups attached to an aromatic ring is 1. The van der Waals surface area contributed by atoms with E-state index in [1.807, 2.05) is 0 Å². The van der Waals surface area contributed by atoms with Crippen molar-refractivity contribution < 1.29 is 18.6 Å². The van der Waals surface area contributed by atoms with E-state index in [0.29, 0.717) is 31.6 Å². The summed E-state index contributed by atoms with van der Waals surface area (Å²) in [6.07, 6.45) is 2.10. The molecule has 3 heterocycles. The van der Waals surface area contributed by atoms with E-state index in [0.717, 1.165) is 12.1 Å². The van der Waals surface area contributed by atoms with Gasteiger partial charge in [0.05, 0.1) is 28.6 Å². The lowest BCUT2D eigenvalue weighted by atomic mass is 9.85. The van der Waals surface area contributed by atoms with Crippen LogP contribution in [0.5, 0.6) is 0 Å². The molecule has 0 amide bonds. The molecule has 130 valence electrons. The number of hydrogen-bond donors (Lipinski definition) is 2. The van der Waals surface area contributed by atoms with Crippen molar-refractivity contribution in [2.45, 2.75) is 18.4 Å². The predicted molar refractivity (Wildman–Crippen MR) is 86.7 cm³/mol. The van der Waals surface area contributed by atoms with E-state index in [9.17, 15) is 13.9 Å². The summed E-state index contributed by atoms with van der Waals surface area (Å²) in [6.45, 7) is 0.694. The van der Waals surface area contributed by atoms with Gasteiger partial charge in [-0.15, -0.1) is 0 Å². The third kappa shape index (κ3) is 2.63. The maximum Gasteiger partial charge on any atom is 0.221 e. The summed E-state index contributed by atoms with van der Waals surface area (Å²) in [7, 11) is 0. The van der Waals surface area contributed by atoms with E-state index in [4.69, 9.17) is 10.5 Å².